The first-order valence-electron chi connectivity index (χ1n) is 7.73. The molecular weight excluding hydrogens is 240 g/mol. The molecule has 0 aromatic heterocycles. The maximum Gasteiger partial charge on any atom is 0.310 e. The molecule has 0 unspecified atom stereocenters. The van der Waals surface area contributed by atoms with Crippen LogP contribution in [0, 0.1) is 5.41 Å². The predicted molar refractivity (Wildman–Crippen MR) is 76.3 cm³/mol. The fraction of sp³-hybridized carbons (Fsp3) is 0.933. The van der Waals surface area contributed by atoms with Gasteiger partial charge in [-0.25, -0.2) is 0 Å². The molecule has 0 atom stereocenters. The van der Waals surface area contributed by atoms with Gasteiger partial charge in [0.05, 0.1) is 5.41 Å². The highest BCUT2D eigenvalue weighted by atomic mass is 16.4. The van der Waals surface area contributed by atoms with E-state index in [4.69, 9.17) is 0 Å². The van der Waals surface area contributed by atoms with Crippen LogP contribution in [-0.2, 0) is 4.79 Å². The fourth-order valence-electron chi connectivity index (χ4n) is 3.77. The number of carbonyl (C=O) groups is 1. The lowest BCUT2D eigenvalue weighted by molar-refractivity contribution is -0.150. The number of rotatable bonds is 5. The molecule has 4 heteroatoms. The first-order valence-corrected chi connectivity index (χ1v) is 7.73. The van der Waals surface area contributed by atoms with Crippen molar-refractivity contribution in [2.75, 3.05) is 33.2 Å². The number of hydrogen-bond donors (Lipinski definition) is 1. The van der Waals surface area contributed by atoms with Crippen LogP contribution >= 0.6 is 0 Å². The first-order chi connectivity index (χ1) is 9.07. The van der Waals surface area contributed by atoms with Gasteiger partial charge in [-0.15, -0.1) is 0 Å². The molecule has 0 amide bonds. The van der Waals surface area contributed by atoms with Gasteiger partial charge in [0.15, 0.2) is 0 Å². The van der Waals surface area contributed by atoms with Crippen molar-refractivity contribution < 1.29 is 9.90 Å². The minimum Gasteiger partial charge on any atom is -0.481 e. The molecule has 110 valence electrons. The van der Waals surface area contributed by atoms with E-state index >= 15 is 0 Å². The molecule has 0 radical (unpaired) electrons. The number of carboxylic acid groups (broad SMARTS) is 1. The molecule has 4 nitrogen and oxygen atoms in total. The Balaban J connectivity index is 1.89. The normalized spacial score (nSPS) is 25.0. The van der Waals surface area contributed by atoms with Gasteiger partial charge in [0, 0.05) is 12.6 Å². The second-order valence-electron chi connectivity index (χ2n) is 6.37. The van der Waals surface area contributed by atoms with Gasteiger partial charge in [-0.2, -0.15) is 0 Å². The topological polar surface area (TPSA) is 43.8 Å². The SMILES string of the molecule is CCN1CCC(N(C)CC2(C(=O)O)CCCC2)CC1. The summed E-state index contributed by atoms with van der Waals surface area (Å²) in [6.45, 7) is 6.40. The Bertz CT molecular complexity index is 305. The Labute approximate surface area is 116 Å². The Hall–Kier alpha value is -0.610. The molecule has 0 bridgehead atoms. The molecule has 2 rings (SSSR count). The van der Waals surface area contributed by atoms with E-state index in [0.29, 0.717) is 6.04 Å². The van der Waals surface area contributed by atoms with Crippen LogP contribution in [0.5, 0.6) is 0 Å². The van der Waals surface area contributed by atoms with Crippen molar-refractivity contribution in [3.63, 3.8) is 0 Å². The highest BCUT2D eigenvalue weighted by molar-refractivity contribution is 5.75. The molecule has 2 aliphatic rings. The van der Waals surface area contributed by atoms with E-state index < -0.39 is 11.4 Å². The Morgan fingerprint density at radius 2 is 1.89 bits per heavy atom. The summed E-state index contributed by atoms with van der Waals surface area (Å²) in [6.07, 6.45) is 6.24. The molecule has 1 aliphatic heterocycles. The van der Waals surface area contributed by atoms with Crippen LogP contribution < -0.4 is 0 Å². The minimum absolute atomic E-state index is 0.462. The molecular formula is C15H28N2O2. The van der Waals surface area contributed by atoms with Gasteiger partial charge >= 0.3 is 5.97 Å². The van der Waals surface area contributed by atoms with Crippen LogP contribution in [0.3, 0.4) is 0 Å². The monoisotopic (exact) mass is 268 g/mol. The smallest absolute Gasteiger partial charge is 0.310 e. The summed E-state index contributed by atoms with van der Waals surface area (Å²) in [7, 11) is 2.12. The van der Waals surface area contributed by atoms with Crippen molar-refractivity contribution in [3.8, 4) is 0 Å². The van der Waals surface area contributed by atoms with Crippen LogP contribution in [0.25, 0.3) is 0 Å². The standard InChI is InChI=1S/C15H28N2O2/c1-3-17-10-6-13(7-11-17)16(2)12-15(14(18)19)8-4-5-9-15/h13H,3-12H2,1-2H3,(H,18,19). The van der Waals surface area contributed by atoms with E-state index in [1.807, 2.05) is 0 Å². The number of likely N-dealkylation sites (tertiary alicyclic amines) is 1. The quantitative estimate of drug-likeness (QED) is 0.829. The summed E-state index contributed by atoms with van der Waals surface area (Å²) in [6, 6.07) is 0.569. The zero-order valence-corrected chi connectivity index (χ0v) is 12.4. The highest BCUT2D eigenvalue weighted by Gasteiger charge is 2.43. The molecule has 1 N–H and O–H groups in total. The van der Waals surface area contributed by atoms with E-state index in [1.54, 1.807) is 0 Å². The minimum atomic E-state index is -0.581. The summed E-state index contributed by atoms with van der Waals surface area (Å²) in [5.74, 6) is -0.581. The summed E-state index contributed by atoms with van der Waals surface area (Å²) in [5.41, 5.74) is -0.462. The van der Waals surface area contributed by atoms with Gasteiger partial charge in [0.25, 0.3) is 0 Å². The maximum absolute atomic E-state index is 11.6. The molecule has 19 heavy (non-hydrogen) atoms. The van der Waals surface area contributed by atoms with Crippen LogP contribution in [0.1, 0.15) is 45.4 Å². The van der Waals surface area contributed by atoms with Crippen LogP contribution in [0.4, 0.5) is 0 Å². The van der Waals surface area contributed by atoms with Gasteiger partial charge < -0.3 is 14.9 Å². The Morgan fingerprint density at radius 3 is 2.37 bits per heavy atom. The molecule has 1 saturated carbocycles. The largest absolute Gasteiger partial charge is 0.481 e. The molecule has 1 heterocycles. The average molecular weight is 268 g/mol. The molecule has 0 aromatic carbocycles. The van der Waals surface area contributed by atoms with Crippen molar-refractivity contribution in [2.45, 2.75) is 51.5 Å². The van der Waals surface area contributed by atoms with Crippen LogP contribution in [0.15, 0.2) is 0 Å². The van der Waals surface area contributed by atoms with Crippen molar-refractivity contribution in [1.29, 1.82) is 0 Å². The second-order valence-corrected chi connectivity index (χ2v) is 6.37. The molecule has 0 spiro atoms. The lowest BCUT2D eigenvalue weighted by atomic mass is 9.85. The molecule has 1 saturated heterocycles. The highest BCUT2D eigenvalue weighted by Crippen LogP contribution is 2.39. The average Bonchev–Trinajstić information content (AvgIpc) is 2.88. The van der Waals surface area contributed by atoms with E-state index in [2.05, 4.69) is 23.8 Å². The summed E-state index contributed by atoms with van der Waals surface area (Å²) >= 11 is 0. The van der Waals surface area contributed by atoms with Crippen molar-refractivity contribution >= 4 is 5.97 Å². The van der Waals surface area contributed by atoms with Crippen molar-refractivity contribution in [2.24, 2.45) is 5.41 Å². The molecule has 1 aliphatic carbocycles. The Kier molecular flexibility index (Phi) is 4.85. The van der Waals surface area contributed by atoms with Crippen molar-refractivity contribution in [1.82, 2.24) is 9.80 Å². The number of carboxylic acids is 1. The Morgan fingerprint density at radius 1 is 1.32 bits per heavy atom. The summed E-state index contributed by atoms with van der Waals surface area (Å²) in [5, 5.41) is 9.56. The first kappa shape index (κ1) is 14.8. The summed E-state index contributed by atoms with van der Waals surface area (Å²) < 4.78 is 0. The van der Waals surface area contributed by atoms with E-state index in [-0.39, 0.29) is 0 Å². The number of aliphatic carboxylic acids is 1. The lowest BCUT2D eigenvalue weighted by Crippen LogP contribution is -2.48. The van der Waals surface area contributed by atoms with Gasteiger partial charge in [-0.1, -0.05) is 19.8 Å². The maximum atomic E-state index is 11.6. The third-order valence-electron chi connectivity index (χ3n) is 5.19. The number of hydrogen-bond acceptors (Lipinski definition) is 3. The predicted octanol–water partition coefficient (Wildman–Crippen LogP) is 2.05. The van der Waals surface area contributed by atoms with Crippen molar-refractivity contribution in [3.05, 3.63) is 0 Å². The van der Waals surface area contributed by atoms with Gasteiger partial charge in [-0.05, 0) is 52.4 Å². The van der Waals surface area contributed by atoms with E-state index in [1.165, 1.54) is 12.8 Å². The van der Waals surface area contributed by atoms with E-state index in [9.17, 15) is 9.90 Å². The second kappa shape index (κ2) is 6.23. The number of piperidine rings is 1. The molecule has 0 aromatic rings. The summed E-state index contributed by atoms with van der Waals surface area (Å²) in [4.78, 5) is 16.4. The van der Waals surface area contributed by atoms with Gasteiger partial charge in [-0.3, -0.25) is 4.79 Å². The van der Waals surface area contributed by atoms with Gasteiger partial charge in [0.1, 0.15) is 0 Å². The third-order valence-corrected chi connectivity index (χ3v) is 5.19. The third kappa shape index (κ3) is 3.29. The van der Waals surface area contributed by atoms with E-state index in [0.717, 1.165) is 51.9 Å². The lowest BCUT2D eigenvalue weighted by Gasteiger charge is -2.39. The van der Waals surface area contributed by atoms with Crippen LogP contribution in [-0.4, -0.2) is 60.1 Å². The van der Waals surface area contributed by atoms with Crippen LogP contribution in [0.2, 0.25) is 0 Å². The van der Waals surface area contributed by atoms with Gasteiger partial charge in [0.2, 0.25) is 0 Å². The zero-order valence-electron chi connectivity index (χ0n) is 12.4. The molecule has 2 fully saturated rings. The number of nitrogens with zero attached hydrogens (tertiary/aromatic N) is 2. The fourth-order valence-corrected chi connectivity index (χ4v) is 3.77. The zero-order chi connectivity index (χ0) is 13.9.